The zero-order valence-corrected chi connectivity index (χ0v) is 17.5. The Hall–Kier alpha value is -0.541. The fourth-order valence-corrected chi connectivity index (χ4v) is 2.35. The number of carbonyl (C=O) groups is 2. The van der Waals surface area contributed by atoms with Crippen LogP contribution in [0.15, 0.2) is 0 Å². The van der Waals surface area contributed by atoms with E-state index in [0.29, 0.717) is 0 Å². The third-order valence-electron chi connectivity index (χ3n) is 3.82. The van der Waals surface area contributed by atoms with Crippen LogP contribution in [0.3, 0.4) is 0 Å². The van der Waals surface area contributed by atoms with E-state index >= 15 is 0 Å². The van der Waals surface area contributed by atoms with Crippen LogP contribution in [-0.4, -0.2) is 11.9 Å². The molecule has 0 aromatic carbocycles. The van der Waals surface area contributed by atoms with E-state index in [9.17, 15) is 19.8 Å². The minimum Gasteiger partial charge on any atom is -0.550 e. The Morgan fingerprint density at radius 2 is 0.880 bits per heavy atom. The molecule has 0 bridgehead atoms. The maximum absolute atomic E-state index is 10.0. The van der Waals surface area contributed by atoms with Gasteiger partial charge in [-0.05, 0) is 37.5 Å². The van der Waals surface area contributed by atoms with Crippen molar-refractivity contribution in [2.24, 2.45) is 11.8 Å². The van der Waals surface area contributed by atoms with E-state index in [0.717, 1.165) is 50.4 Å². The zero-order valence-electron chi connectivity index (χ0n) is 16.6. The van der Waals surface area contributed by atoms with Crippen LogP contribution < -0.4 is 10.2 Å². The van der Waals surface area contributed by atoms with Crippen LogP contribution in [0.5, 0.6) is 0 Å². The predicted octanol–water partition coefficient (Wildman–Crippen LogP) is 3.46. The molecule has 0 amide bonds. The van der Waals surface area contributed by atoms with Crippen molar-refractivity contribution in [1.82, 2.24) is 0 Å². The smallest absolute Gasteiger partial charge is 0.550 e. The second kappa shape index (κ2) is 21.5. The molecule has 0 aliphatic rings. The minimum atomic E-state index is -0.918. The van der Waals surface area contributed by atoms with Gasteiger partial charge in [-0.15, -0.1) is 0 Å². The van der Waals surface area contributed by atoms with Gasteiger partial charge in [-0.3, -0.25) is 0 Å². The molecular formula is C20H38CuO4. The summed E-state index contributed by atoms with van der Waals surface area (Å²) in [6.07, 6.45) is 11.3. The van der Waals surface area contributed by atoms with Crippen LogP contribution in [0.4, 0.5) is 0 Å². The van der Waals surface area contributed by atoms with Crippen molar-refractivity contribution < 1.29 is 36.9 Å². The van der Waals surface area contributed by atoms with E-state index in [2.05, 4.69) is 27.7 Å². The molecule has 153 valence electrons. The average Bonchev–Trinajstić information content (AvgIpc) is 2.46. The van der Waals surface area contributed by atoms with Crippen molar-refractivity contribution in [3.8, 4) is 0 Å². The second-order valence-electron chi connectivity index (χ2n) is 7.44. The first kappa shape index (κ1) is 29.2. The molecule has 0 aliphatic carbocycles. The molecule has 0 atom stereocenters. The largest absolute Gasteiger partial charge is 2.00 e. The topological polar surface area (TPSA) is 80.3 Å². The molecule has 0 aromatic rings. The van der Waals surface area contributed by atoms with E-state index in [1.807, 2.05) is 0 Å². The Balaban J connectivity index is -0.000000372. The third-order valence-corrected chi connectivity index (χ3v) is 3.82. The van der Waals surface area contributed by atoms with Gasteiger partial charge < -0.3 is 19.8 Å². The van der Waals surface area contributed by atoms with E-state index in [-0.39, 0.29) is 29.9 Å². The van der Waals surface area contributed by atoms with Crippen LogP contribution in [0.25, 0.3) is 0 Å². The normalized spacial score (nSPS) is 10.2. The van der Waals surface area contributed by atoms with E-state index in [4.69, 9.17) is 0 Å². The molecule has 5 heteroatoms. The van der Waals surface area contributed by atoms with Gasteiger partial charge in [0.2, 0.25) is 0 Å². The Labute approximate surface area is 165 Å². The maximum atomic E-state index is 10.0. The monoisotopic (exact) mass is 405 g/mol. The molecule has 0 spiro atoms. The maximum Gasteiger partial charge on any atom is 2.00 e. The van der Waals surface area contributed by atoms with E-state index in [1.165, 1.54) is 25.7 Å². The Morgan fingerprint density at radius 3 is 1.12 bits per heavy atom. The number of hydrogen-bond donors (Lipinski definition) is 0. The molecule has 0 saturated heterocycles. The molecule has 0 aliphatic heterocycles. The van der Waals surface area contributed by atoms with Gasteiger partial charge >= 0.3 is 17.1 Å². The van der Waals surface area contributed by atoms with Crippen molar-refractivity contribution in [1.29, 1.82) is 0 Å². The summed E-state index contributed by atoms with van der Waals surface area (Å²) in [5.41, 5.74) is 0. The molecule has 1 radical (unpaired) electrons. The van der Waals surface area contributed by atoms with Crippen molar-refractivity contribution >= 4 is 11.9 Å². The summed E-state index contributed by atoms with van der Waals surface area (Å²) < 4.78 is 0. The van der Waals surface area contributed by atoms with Crippen molar-refractivity contribution in [2.45, 2.75) is 105 Å². The standard InChI is InChI=1S/2C10H20O2.Cu/c2*1-9(2)7-5-3-4-6-8-10(11)12;/h2*9H,3-8H2,1-2H3,(H,11,12);/q;;+2/p-2. The number of hydrogen-bond acceptors (Lipinski definition) is 4. The summed E-state index contributed by atoms with van der Waals surface area (Å²) in [5.74, 6) is -0.296. The number of carbonyl (C=O) groups excluding carboxylic acids is 2. The molecular weight excluding hydrogens is 368 g/mol. The van der Waals surface area contributed by atoms with E-state index < -0.39 is 11.9 Å². The first-order chi connectivity index (χ1) is 11.3. The summed E-state index contributed by atoms with van der Waals surface area (Å²) in [6, 6.07) is 0. The summed E-state index contributed by atoms with van der Waals surface area (Å²) in [4.78, 5) is 20.1. The van der Waals surface area contributed by atoms with E-state index in [1.54, 1.807) is 0 Å². The van der Waals surface area contributed by atoms with Gasteiger partial charge in [-0.1, -0.05) is 79.1 Å². The van der Waals surface area contributed by atoms with Gasteiger partial charge in [0.25, 0.3) is 0 Å². The number of carboxylic acid groups (broad SMARTS) is 2. The van der Waals surface area contributed by atoms with Crippen molar-refractivity contribution in [3.05, 3.63) is 0 Å². The van der Waals surface area contributed by atoms with Crippen LogP contribution in [0, 0.1) is 11.8 Å². The fourth-order valence-electron chi connectivity index (χ4n) is 2.35. The SMILES string of the molecule is CC(C)CCCCCCC(=O)[O-].CC(C)CCCCCCC(=O)[O-].[Cu+2]. The van der Waals surface area contributed by atoms with Gasteiger partial charge in [-0.25, -0.2) is 0 Å². The van der Waals surface area contributed by atoms with Crippen LogP contribution in [0.2, 0.25) is 0 Å². The summed E-state index contributed by atoms with van der Waals surface area (Å²) in [7, 11) is 0. The molecule has 0 fully saturated rings. The first-order valence-corrected chi connectivity index (χ1v) is 9.65. The predicted molar refractivity (Wildman–Crippen MR) is 95.1 cm³/mol. The molecule has 0 rings (SSSR count). The van der Waals surface area contributed by atoms with Crippen molar-refractivity contribution in [2.75, 3.05) is 0 Å². The summed E-state index contributed by atoms with van der Waals surface area (Å²) >= 11 is 0. The average molecular weight is 406 g/mol. The number of unbranched alkanes of at least 4 members (excludes halogenated alkanes) is 6. The Bertz CT molecular complexity index is 274. The van der Waals surface area contributed by atoms with Gasteiger partial charge in [0.15, 0.2) is 0 Å². The Morgan fingerprint density at radius 1 is 0.600 bits per heavy atom. The summed E-state index contributed by atoms with van der Waals surface area (Å²) in [6.45, 7) is 8.84. The molecule has 0 N–H and O–H groups in total. The molecule has 0 saturated carbocycles. The first-order valence-electron chi connectivity index (χ1n) is 9.65. The number of aliphatic carboxylic acids is 2. The zero-order chi connectivity index (χ0) is 18.8. The molecule has 4 nitrogen and oxygen atoms in total. The quantitative estimate of drug-likeness (QED) is 0.327. The second-order valence-corrected chi connectivity index (χ2v) is 7.44. The minimum absolute atomic E-state index is 0. The van der Waals surface area contributed by atoms with Crippen molar-refractivity contribution in [3.63, 3.8) is 0 Å². The van der Waals surface area contributed by atoms with Gasteiger partial charge in [-0.2, -0.15) is 0 Å². The van der Waals surface area contributed by atoms with Gasteiger partial charge in [0.1, 0.15) is 0 Å². The molecule has 0 unspecified atom stereocenters. The number of carboxylic acids is 2. The van der Waals surface area contributed by atoms with Gasteiger partial charge in [0.05, 0.1) is 0 Å². The molecule has 0 heterocycles. The fraction of sp³-hybridized carbons (Fsp3) is 0.900. The van der Waals surface area contributed by atoms with Crippen LogP contribution in [-0.2, 0) is 26.7 Å². The molecule has 0 aromatic heterocycles. The summed E-state index contributed by atoms with van der Waals surface area (Å²) in [5, 5.41) is 20.1. The number of rotatable bonds is 14. The van der Waals surface area contributed by atoms with Crippen LogP contribution in [0.1, 0.15) is 105 Å². The Kier molecular flexibility index (Phi) is 25.1. The molecule has 25 heavy (non-hydrogen) atoms. The van der Waals surface area contributed by atoms with Gasteiger partial charge in [0, 0.05) is 11.9 Å². The van der Waals surface area contributed by atoms with Crippen LogP contribution >= 0.6 is 0 Å². The third kappa shape index (κ3) is 35.4.